The monoisotopic (exact) mass is 200 g/mol. The fourth-order valence-corrected chi connectivity index (χ4v) is 2.07. The maximum absolute atomic E-state index is 10.1. The van der Waals surface area contributed by atoms with Gasteiger partial charge in [0.2, 0.25) is 0 Å². The van der Waals surface area contributed by atoms with Crippen molar-refractivity contribution in [2.75, 3.05) is 0 Å². The lowest BCUT2D eigenvalue weighted by Crippen LogP contribution is -2.30. The third kappa shape index (κ3) is 2.03. The summed E-state index contributed by atoms with van der Waals surface area (Å²) in [6, 6.07) is 1.74. The van der Waals surface area contributed by atoms with Gasteiger partial charge in [-0.15, -0.1) is 0 Å². The molecular formula is C9H13ClN2O. The Morgan fingerprint density at radius 3 is 2.77 bits per heavy atom. The van der Waals surface area contributed by atoms with Crippen molar-refractivity contribution in [3.63, 3.8) is 0 Å². The average molecular weight is 201 g/mol. The van der Waals surface area contributed by atoms with Crippen LogP contribution in [0.15, 0.2) is 12.3 Å². The van der Waals surface area contributed by atoms with E-state index in [0.29, 0.717) is 11.7 Å². The van der Waals surface area contributed by atoms with Gasteiger partial charge in [0.15, 0.2) is 5.15 Å². The molecule has 1 aromatic rings. The number of hydrogen-bond acceptors (Lipinski definition) is 2. The van der Waals surface area contributed by atoms with E-state index in [1.54, 1.807) is 16.9 Å². The molecule has 1 aliphatic carbocycles. The van der Waals surface area contributed by atoms with Gasteiger partial charge in [-0.1, -0.05) is 24.4 Å². The van der Waals surface area contributed by atoms with Crippen LogP contribution in [0, 0.1) is 0 Å². The highest BCUT2D eigenvalue weighted by atomic mass is 35.5. The Labute approximate surface area is 82.3 Å². The van der Waals surface area contributed by atoms with Gasteiger partial charge in [-0.25, -0.2) is 0 Å². The lowest BCUT2D eigenvalue weighted by molar-refractivity contribution is 0.0265. The number of halogens is 1. The average Bonchev–Trinajstić information content (AvgIpc) is 2.62. The van der Waals surface area contributed by atoms with E-state index in [0.717, 1.165) is 25.7 Å². The molecule has 1 heterocycles. The minimum absolute atomic E-state index is 0.488. The molecule has 1 aliphatic rings. The van der Waals surface area contributed by atoms with Crippen molar-refractivity contribution in [1.29, 1.82) is 0 Å². The zero-order chi connectivity index (χ0) is 9.31. The molecular weight excluding hydrogens is 188 g/mol. The lowest BCUT2D eigenvalue weighted by atomic mass is 10.0. The van der Waals surface area contributed by atoms with E-state index in [-0.39, 0.29) is 0 Å². The molecule has 0 bridgehead atoms. The molecule has 13 heavy (non-hydrogen) atoms. The van der Waals surface area contributed by atoms with Crippen LogP contribution in [0.3, 0.4) is 0 Å². The van der Waals surface area contributed by atoms with Crippen molar-refractivity contribution >= 4 is 11.6 Å². The number of nitrogens with zero attached hydrogens (tertiary/aromatic N) is 2. The summed E-state index contributed by atoms with van der Waals surface area (Å²) in [5.41, 5.74) is -0.546. The van der Waals surface area contributed by atoms with E-state index < -0.39 is 5.60 Å². The third-order valence-electron chi connectivity index (χ3n) is 2.60. The van der Waals surface area contributed by atoms with Crippen LogP contribution >= 0.6 is 11.6 Å². The molecule has 0 atom stereocenters. The Morgan fingerprint density at radius 2 is 2.23 bits per heavy atom. The topological polar surface area (TPSA) is 38.0 Å². The second kappa shape index (κ2) is 3.31. The van der Waals surface area contributed by atoms with Crippen LogP contribution in [0.5, 0.6) is 0 Å². The predicted octanol–water partition coefficient (Wildman–Crippen LogP) is 1.84. The van der Waals surface area contributed by atoms with Crippen LogP contribution < -0.4 is 0 Å². The molecule has 0 aromatic carbocycles. The number of aromatic nitrogens is 2. The first-order chi connectivity index (χ1) is 6.18. The van der Waals surface area contributed by atoms with Gasteiger partial charge in [-0.3, -0.25) is 4.68 Å². The van der Waals surface area contributed by atoms with E-state index in [2.05, 4.69) is 5.10 Å². The summed E-state index contributed by atoms with van der Waals surface area (Å²) in [7, 11) is 0. The molecule has 1 fully saturated rings. The summed E-state index contributed by atoms with van der Waals surface area (Å²) in [6.07, 6.45) is 5.80. The first-order valence-electron chi connectivity index (χ1n) is 4.59. The van der Waals surface area contributed by atoms with Gasteiger partial charge < -0.3 is 5.11 Å². The second-order valence-corrected chi connectivity index (χ2v) is 4.15. The molecule has 3 nitrogen and oxygen atoms in total. The van der Waals surface area contributed by atoms with Gasteiger partial charge in [-0.05, 0) is 18.9 Å². The molecule has 1 aromatic heterocycles. The largest absolute Gasteiger partial charge is 0.388 e. The van der Waals surface area contributed by atoms with Crippen LogP contribution in [-0.2, 0) is 6.54 Å². The molecule has 0 radical (unpaired) electrons. The number of hydrogen-bond donors (Lipinski definition) is 1. The molecule has 1 N–H and O–H groups in total. The molecule has 0 amide bonds. The summed E-state index contributed by atoms with van der Waals surface area (Å²) in [6.45, 7) is 0.569. The van der Waals surface area contributed by atoms with Gasteiger partial charge in [0.1, 0.15) is 0 Å². The molecule has 0 unspecified atom stereocenters. The third-order valence-corrected chi connectivity index (χ3v) is 2.80. The zero-order valence-electron chi connectivity index (χ0n) is 7.41. The highest BCUT2D eigenvalue weighted by Crippen LogP contribution is 2.30. The Morgan fingerprint density at radius 1 is 1.54 bits per heavy atom. The summed E-state index contributed by atoms with van der Waals surface area (Å²) in [4.78, 5) is 0. The van der Waals surface area contributed by atoms with Crippen LogP contribution in [0.1, 0.15) is 25.7 Å². The minimum atomic E-state index is -0.546. The van der Waals surface area contributed by atoms with Crippen molar-refractivity contribution in [1.82, 2.24) is 9.78 Å². The van der Waals surface area contributed by atoms with Crippen molar-refractivity contribution < 1.29 is 5.11 Å². The van der Waals surface area contributed by atoms with Gasteiger partial charge in [0.25, 0.3) is 0 Å². The molecule has 72 valence electrons. The maximum Gasteiger partial charge on any atom is 0.151 e. The van der Waals surface area contributed by atoms with Crippen LogP contribution in [0.2, 0.25) is 5.15 Å². The SMILES string of the molecule is OC1(Cn2ccc(Cl)n2)CCCC1. The highest BCUT2D eigenvalue weighted by Gasteiger charge is 2.31. The van der Waals surface area contributed by atoms with E-state index in [4.69, 9.17) is 11.6 Å². The first-order valence-corrected chi connectivity index (χ1v) is 4.97. The van der Waals surface area contributed by atoms with Crippen molar-refractivity contribution in [2.24, 2.45) is 0 Å². The standard InChI is InChI=1S/C9H13ClN2O/c10-8-3-6-12(11-8)7-9(13)4-1-2-5-9/h3,6,13H,1-2,4-5,7H2. The maximum atomic E-state index is 10.1. The molecule has 0 saturated heterocycles. The molecule has 2 rings (SSSR count). The highest BCUT2D eigenvalue weighted by molar-refractivity contribution is 6.29. The van der Waals surface area contributed by atoms with Gasteiger partial charge >= 0.3 is 0 Å². The Balaban J connectivity index is 2.04. The molecule has 1 saturated carbocycles. The quantitative estimate of drug-likeness (QED) is 0.791. The first kappa shape index (κ1) is 9.03. The number of aliphatic hydroxyl groups is 1. The van der Waals surface area contributed by atoms with Gasteiger partial charge in [0, 0.05) is 6.20 Å². The fourth-order valence-electron chi connectivity index (χ4n) is 1.92. The van der Waals surface area contributed by atoms with E-state index >= 15 is 0 Å². The molecule has 4 heteroatoms. The minimum Gasteiger partial charge on any atom is -0.388 e. The van der Waals surface area contributed by atoms with Crippen LogP contribution in [0.4, 0.5) is 0 Å². The normalized spacial score (nSPS) is 20.8. The van der Waals surface area contributed by atoms with E-state index in [9.17, 15) is 5.11 Å². The Hall–Kier alpha value is -0.540. The van der Waals surface area contributed by atoms with E-state index in [1.807, 2.05) is 0 Å². The predicted molar refractivity (Wildman–Crippen MR) is 50.7 cm³/mol. The summed E-state index contributed by atoms with van der Waals surface area (Å²) in [5.74, 6) is 0. The van der Waals surface area contributed by atoms with Gasteiger partial charge in [-0.2, -0.15) is 5.10 Å². The summed E-state index contributed by atoms with van der Waals surface area (Å²) in [5, 5.41) is 14.6. The molecule has 0 spiro atoms. The second-order valence-electron chi connectivity index (χ2n) is 3.77. The smallest absolute Gasteiger partial charge is 0.151 e. The zero-order valence-corrected chi connectivity index (χ0v) is 8.17. The van der Waals surface area contributed by atoms with Crippen molar-refractivity contribution in [3.05, 3.63) is 17.4 Å². The van der Waals surface area contributed by atoms with Crippen molar-refractivity contribution in [3.8, 4) is 0 Å². The number of rotatable bonds is 2. The Kier molecular flexibility index (Phi) is 2.30. The van der Waals surface area contributed by atoms with Crippen LogP contribution in [0.25, 0.3) is 0 Å². The van der Waals surface area contributed by atoms with E-state index in [1.165, 1.54) is 0 Å². The Bertz CT molecular complexity index is 292. The molecule has 0 aliphatic heterocycles. The van der Waals surface area contributed by atoms with Gasteiger partial charge in [0.05, 0.1) is 12.1 Å². The lowest BCUT2D eigenvalue weighted by Gasteiger charge is -2.21. The van der Waals surface area contributed by atoms with Crippen LogP contribution in [-0.4, -0.2) is 20.5 Å². The fraction of sp³-hybridized carbons (Fsp3) is 0.667. The summed E-state index contributed by atoms with van der Waals surface area (Å²) >= 11 is 5.68. The van der Waals surface area contributed by atoms with Crippen molar-refractivity contribution in [2.45, 2.75) is 37.8 Å². The summed E-state index contributed by atoms with van der Waals surface area (Å²) < 4.78 is 1.72.